The molecule has 0 aliphatic rings. The summed E-state index contributed by atoms with van der Waals surface area (Å²) in [6.45, 7) is 23.0. The topological polar surface area (TPSA) is 0 Å². The van der Waals surface area contributed by atoms with E-state index in [-0.39, 0.29) is 0 Å². The van der Waals surface area contributed by atoms with Crippen LogP contribution in [0.4, 0.5) is 0 Å². The summed E-state index contributed by atoms with van der Waals surface area (Å²) in [6.07, 6.45) is 2.75. The van der Waals surface area contributed by atoms with Crippen LogP contribution in [-0.2, 0) is 0 Å². The molecule has 0 rings (SSSR count). The van der Waals surface area contributed by atoms with E-state index in [1.807, 2.05) is 0 Å². The van der Waals surface area contributed by atoms with Gasteiger partial charge in [-0.25, -0.2) is 0 Å². The molecule has 0 radical (unpaired) electrons. The second-order valence-electron chi connectivity index (χ2n) is 7.70. The third-order valence-electron chi connectivity index (χ3n) is 3.96. The van der Waals surface area contributed by atoms with E-state index in [1.54, 1.807) is 0 Å². The standard InChI is InChI=1S/2C9H20/c2*1-7(2)6-9(5)8(3)4/h2*7-9H,6H2,1-5H3. The highest BCUT2D eigenvalue weighted by molar-refractivity contribution is 4.59. The van der Waals surface area contributed by atoms with E-state index in [2.05, 4.69) is 69.2 Å². The summed E-state index contributed by atoms with van der Waals surface area (Å²) in [5.41, 5.74) is 0. The van der Waals surface area contributed by atoms with Crippen molar-refractivity contribution in [3.05, 3.63) is 0 Å². The molecule has 0 bridgehead atoms. The fourth-order valence-electron chi connectivity index (χ4n) is 2.03. The Hall–Kier alpha value is 0. The van der Waals surface area contributed by atoms with Gasteiger partial charge in [0.1, 0.15) is 0 Å². The minimum Gasteiger partial charge on any atom is -0.0628 e. The van der Waals surface area contributed by atoms with E-state index >= 15 is 0 Å². The van der Waals surface area contributed by atoms with E-state index in [9.17, 15) is 0 Å². The van der Waals surface area contributed by atoms with Crippen molar-refractivity contribution in [3.8, 4) is 0 Å². The molecule has 0 heteroatoms. The van der Waals surface area contributed by atoms with Crippen molar-refractivity contribution in [1.29, 1.82) is 0 Å². The first-order chi connectivity index (χ1) is 8.07. The molecule has 2 atom stereocenters. The quantitative estimate of drug-likeness (QED) is 0.499. The lowest BCUT2D eigenvalue weighted by Gasteiger charge is -2.16. The van der Waals surface area contributed by atoms with Crippen molar-refractivity contribution >= 4 is 0 Å². The Balaban J connectivity index is 0. The molecule has 0 aromatic heterocycles. The maximum Gasteiger partial charge on any atom is -0.0417 e. The minimum atomic E-state index is 0.854. The molecule has 0 fully saturated rings. The fraction of sp³-hybridized carbons (Fsp3) is 1.00. The second-order valence-corrected chi connectivity index (χ2v) is 7.70. The van der Waals surface area contributed by atoms with Crippen LogP contribution in [0.25, 0.3) is 0 Å². The predicted octanol–water partition coefficient (Wildman–Crippen LogP) is 6.65. The molecule has 0 aliphatic heterocycles. The van der Waals surface area contributed by atoms with E-state index in [4.69, 9.17) is 0 Å². The lowest BCUT2D eigenvalue weighted by atomic mass is 9.90. The highest BCUT2D eigenvalue weighted by Gasteiger charge is 2.08. The summed E-state index contributed by atoms with van der Waals surface area (Å²) in [5.74, 6) is 5.22. The number of hydrogen-bond donors (Lipinski definition) is 0. The smallest absolute Gasteiger partial charge is 0.0417 e. The molecular weight excluding hydrogens is 216 g/mol. The van der Waals surface area contributed by atoms with E-state index in [0.717, 1.165) is 35.5 Å². The predicted molar refractivity (Wildman–Crippen MR) is 86.9 cm³/mol. The summed E-state index contributed by atoms with van der Waals surface area (Å²) < 4.78 is 0. The van der Waals surface area contributed by atoms with E-state index in [0.29, 0.717) is 0 Å². The summed E-state index contributed by atoms with van der Waals surface area (Å²) in [6, 6.07) is 0. The van der Waals surface area contributed by atoms with Crippen molar-refractivity contribution in [2.75, 3.05) is 0 Å². The molecule has 0 N–H and O–H groups in total. The molecule has 0 saturated carbocycles. The zero-order valence-corrected chi connectivity index (χ0v) is 14.9. The van der Waals surface area contributed by atoms with Gasteiger partial charge >= 0.3 is 0 Å². The van der Waals surface area contributed by atoms with E-state index < -0.39 is 0 Å². The van der Waals surface area contributed by atoms with Crippen molar-refractivity contribution in [3.63, 3.8) is 0 Å². The first kappa shape index (κ1) is 20.3. The largest absolute Gasteiger partial charge is 0.0628 e. The fourth-order valence-corrected chi connectivity index (χ4v) is 2.03. The minimum absolute atomic E-state index is 0.854. The van der Waals surface area contributed by atoms with Crippen LogP contribution in [0.5, 0.6) is 0 Å². The molecular formula is C18H40. The lowest BCUT2D eigenvalue weighted by molar-refractivity contribution is 0.344. The van der Waals surface area contributed by atoms with Crippen LogP contribution in [0.2, 0.25) is 0 Å². The first-order valence-corrected chi connectivity index (χ1v) is 8.07. The molecule has 18 heavy (non-hydrogen) atoms. The van der Waals surface area contributed by atoms with Gasteiger partial charge in [0.15, 0.2) is 0 Å². The molecule has 0 aromatic rings. The summed E-state index contributed by atoms with van der Waals surface area (Å²) in [7, 11) is 0. The SMILES string of the molecule is CC(C)CC(C)C(C)C.CC(C)CC(C)C(C)C. The van der Waals surface area contributed by atoms with E-state index in [1.165, 1.54) is 12.8 Å². The van der Waals surface area contributed by atoms with Gasteiger partial charge in [-0.1, -0.05) is 69.2 Å². The van der Waals surface area contributed by atoms with Gasteiger partial charge in [-0.2, -0.15) is 0 Å². The lowest BCUT2D eigenvalue weighted by Crippen LogP contribution is -2.06. The molecule has 0 amide bonds. The Bertz CT molecular complexity index is 145. The van der Waals surface area contributed by atoms with Crippen molar-refractivity contribution in [2.45, 2.75) is 82.1 Å². The monoisotopic (exact) mass is 256 g/mol. The summed E-state index contributed by atoms with van der Waals surface area (Å²) >= 11 is 0. The Labute approximate surface area is 118 Å². The van der Waals surface area contributed by atoms with Crippen molar-refractivity contribution < 1.29 is 0 Å². The summed E-state index contributed by atoms with van der Waals surface area (Å²) in [4.78, 5) is 0. The van der Waals surface area contributed by atoms with Crippen LogP contribution in [0.3, 0.4) is 0 Å². The van der Waals surface area contributed by atoms with Gasteiger partial charge in [-0.3, -0.25) is 0 Å². The number of rotatable bonds is 6. The molecule has 0 aliphatic carbocycles. The Morgan fingerprint density at radius 3 is 0.722 bits per heavy atom. The highest BCUT2D eigenvalue weighted by Crippen LogP contribution is 2.19. The molecule has 112 valence electrons. The molecule has 0 aromatic carbocycles. The van der Waals surface area contributed by atoms with Crippen LogP contribution in [0, 0.1) is 35.5 Å². The molecule has 2 unspecified atom stereocenters. The normalized spacial score (nSPS) is 15.0. The van der Waals surface area contributed by atoms with Crippen molar-refractivity contribution in [1.82, 2.24) is 0 Å². The number of hydrogen-bond acceptors (Lipinski definition) is 0. The first-order valence-electron chi connectivity index (χ1n) is 8.07. The van der Waals surface area contributed by atoms with Gasteiger partial charge in [0.05, 0.1) is 0 Å². The van der Waals surface area contributed by atoms with Crippen LogP contribution >= 0.6 is 0 Å². The third-order valence-corrected chi connectivity index (χ3v) is 3.96. The van der Waals surface area contributed by atoms with Gasteiger partial charge in [-0.05, 0) is 48.3 Å². The van der Waals surface area contributed by atoms with Gasteiger partial charge < -0.3 is 0 Å². The maximum absolute atomic E-state index is 2.34. The average molecular weight is 257 g/mol. The molecule has 0 spiro atoms. The Morgan fingerprint density at radius 1 is 0.444 bits per heavy atom. The van der Waals surface area contributed by atoms with Crippen LogP contribution in [-0.4, -0.2) is 0 Å². The van der Waals surface area contributed by atoms with Crippen LogP contribution in [0.15, 0.2) is 0 Å². The Morgan fingerprint density at radius 2 is 0.667 bits per heavy atom. The van der Waals surface area contributed by atoms with Gasteiger partial charge in [0.2, 0.25) is 0 Å². The van der Waals surface area contributed by atoms with Crippen molar-refractivity contribution in [2.24, 2.45) is 35.5 Å². The zero-order valence-electron chi connectivity index (χ0n) is 14.9. The van der Waals surface area contributed by atoms with Crippen LogP contribution in [0.1, 0.15) is 82.1 Å². The summed E-state index contributed by atoms with van der Waals surface area (Å²) in [5, 5.41) is 0. The van der Waals surface area contributed by atoms with Gasteiger partial charge in [0, 0.05) is 0 Å². The molecule has 0 nitrogen and oxygen atoms in total. The molecule has 0 saturated heterocycles. The van der Waals surface area contributed by atoms with Crippen LogP contribution < -0.4 is 0 Å². The Kier molecular flexibility index (Phi) is 12.3. The van der Waals surface area contributed by atoms with Gasteiger partial charge in [-0.15, -0.1) is 0 Å². The second kappa shape index (κ2) is 10.9. The highest BCUT2D eigenvalue weighted by atomic mass is 14.1. The average Bonchev–Trinajstić information content (AvgIpc) is 2.16. The van der Waals surface area contributed by atoms with Gasteiger partial charge in [0.25, 0.3) is 0 Å². The molecule has 0 heterocycles. The maximum atomic E-state index is 2.34. The third kappa shape index (κ3) is 14.1. The zero-order chi connectivity index (χ0) is 14.9.